The smallest absolute Gasteiger partial charge is 0.241 e. The molecule has 1 aromatic heterocycles. The minimum absolute atomic E-state index is 0.0791. The molecule has 0 aliphatic carbocycles. The van der Waals surface area contributed by atoms with E-state index in [1.54, 1.807) is 30.3 Å². The highest BCUT2D eigenvalue weighted by atomic mass is 16.2. The van der Waals surface area contributed by atoms with Gasteiger partial charge in [0.1, 0.15) is 5.82 Å². The summed E-state index contributed by atoms with van der Waals surface area (Å²) >= 11 is 0. The first-order valence-corrected chi connectivity index (χ1v) is 5.06. The second-order valence-electron chi connectivity index (χ2n) is 3.75. The van der Waals surface area contributed by atoms with Crippen LogP contribution in [0.2, 0.25) is 0 Å². The summed E-state index contributed by atoms with van der Waals surface area (Å²) in [5.41, 5.74) is 0.566. The summed E-state index contributed by atoms with van der Waals surface area (Å²) in [6.45, 7) is 1.78. The van der Waals surface area contributed by atoms with E-state index in [4.69, 9.17) is 5.26 Å². The Labute approximate surface area is 93.9 Å². The number of anilines is 1. The summed E-state index contributed by atoms with van der Waals surface area (Å²) in [5.74, 6) is 0.774. The van der Waals surface area contributed by atoms with E-state index in [2.05, 4.69) is 11.1 Å². The quantitative estimate of drug-likeness (QED) is 0.674. The Morgan fingerprint density at radius 2 is 2.31 bits per heavy atom. The molecule has 0 aromatic carbocycles. The summed E-state index contributed by atoms with van der Waals surface area (Å²) in [4.78, 5) is 19.3. The molecule has 0 N–H and O–H groups in total. The normalized spacial score (nSPS) is 16.1. The van der Waals surface area contributed by atoms with Gasteiger partial charge in [0, 0.05) is 26.3 Å². The molecule has 1 saturated heterocycles. The van der Waals surface area contributed by atoms with Crippen LogP contribution in [0, 0.1) is 11.3 Å². The predicted octanol–water partition coefficient (Wildman–Crippen LogP) is 0.232. The van der Waals surface area contributed by atoms with Gasteiger partial charge in [-0.1, -0.05) is 0 Å². The van der Waals surface area contributed by atoms with Gasteiger partial charge in [-0.2, -0.15) is 5.26 Å². The molecular formula is C11H12N4O. The molecule has 2 rings (SSSR count). The van der Waals surface area contributed by atoms with Crippen molar-refractivity contribution < 1.29 is 4.79 Å². The van der Waals surface area contributed by atoms with Crippen LogP contribution >= 0.6 is 0 Å². The molecule has 1 aliphatic rings. The molecule has 5 heteroatoms. The summed E-state index contributed by atoms with van der Waals surface area (Å²) in [6, 6.07) is 5.43. The fraction of sp³-hybridized carbons (Fsp3) is 0.364. The van der Waals surface area contributed by atoms with Gasteiger partial charge >= 0.3 is 0 Å². The first kappa shape index (κ1) is 10.4. The van der Waals surface area contributed by atoms with Crippen molar-refractivity contribution in [3.8, 4) is 6.07 Å². The number of hydrogen-bond donors (Lipinski definition) is 0. The number of nitriles is 1. The van der Waals surface area contributed by atoms with E-state index in [0.29, 0.717) is 24.5 Å². The van der Waals surface area contributed by atoms with Gasteiger partial charge in [-0.15, -0.1) is 0 Å². The maximum atomic E-state index is 11.5. The van der Waals surface area contributed by atoms with Gasteiger partial charge in [-0.3, -0.25) is 4.79 Å². The topological polar surface area (TPSA) is 60.2 Å². The van der Waals surface area contributed by atoms with E-state index in [1.807, 2.05) is 4.90 Å². The molecule has 82 valence electrons. The van der Waals surface area contributed by atoms with Crippen molar-refractivity contribution in [2.75, 3.05) is 31.6 Å². The highest BCUT2D eigenvalue weighted by molar-refractivity contribution is 5.82. The molecular weight excluding hydrogens is 204 g/mol. The van der Waals surface area contributed by atoms with Gasteiger partial charge in [0.15, 0.2) is 0 Å². The van der Waals surface area contributed by atoms with E-state index >= 15 is 0 Å². The fourth-order valence-electron chi connectivity index (χ4n) is 1.61. The molecule has 0 spiro atoms. The van der Waals surface area contributed by atoms with Crippen molar-refractivity contribution >= 4 is 11.7 Å². The van der Waals surface area contributed by atoms with E-state index in [9.17, 15) is 4.79 Å². The second kappa shape index (κ2) is 4.19. The standard InChI is InChI=1S/C11H12N4O/c1-14-4-5-15(8-11(14)16)10-6-9(7-12)2-3-13-10/h2-3,6H,4-5,8H2,1H3. The lowest BCUT2D eigenvalue weighted by atomic mass is 10.2. The summed E-state index contributed by atoms with van der Waals surface area (Å²) < 4.78 is 0. The van der Waals surface area contributed by atoms with Crippen LogP contribution in [0.25, 0.3) is 0 Å². The maximum absolute atomic E-state index is 11.5. The van der Waals surface area contributed by atoms with Crippen LogP contribution in [0.5, 0.6) is 0 Å². The third kappa shape index (κ3) is 1.96. The number of likely N-dealkylation sites (N-methyl/N-ethyl adjacent to an activating group) is 1. The summed E-state index contributed by atoms with van der Waals surface area (Å²) in [5, 5.41) is 8.78. The zero-order valence-electron chi connectivity index (χ0n) is 9.05. The van der Waals surface area contributed by atoms with Gasteiger partial charge in [0.2, 0.25) is 5.91 Å². The third-order valence-corrected chi connectivity index (χ3v) is 2.66. The average Bonchev–Trinajstić information content (AvgIpc) is 2.33. The number of carbonyl (C=O) groups excluding carboxylic acids is 1. The van der Waals surface area contributed by atoms with Gasteiger partial charge in [-0.05, 0) is 12.1 Å². The summed E-state index contributed by atoms with van der Waals surface area (Å²) in [6.07, 6.45) is 1.59. The molecule has 2 heterocycles. The number of piperazine rings is 1. The van der Waals surface area contributed by atoms with E-state index in [-0.39, 0.29) is 5.91 Å². The lowest BCUT2D eigenvalue weighted by molar-refractivity contribution is -0.129. The Balaban J connectivity index is 2.19. The van der Waals surface area contributed by atoms with Crippen LogP contribution in [0.15, 0.2) is 18.3 Å². The molecule has 0 saturated carbocycles. The van der Waals surface area contributed by atoms with Crippen LogP contribution in [-0.4, -0.2) is 42.5 Å². The summed E-state index contributed by atoms with van der Waals surface area (Å²) in [7, 11) is 1.79. The van der Waals surface area contributed by atoms with Crippen molar-refractivity contribution in [3.63, 3.8) is 0 Å². The van der Waals surface area contributed by atoms with Crippen molar-refractivity contribution in [3.05, 3.63) is 23.9 Å². The molecule has 16 heavy (non-hydrogen) atoms. The van der Waals surface area contributed by atoms with Crippen molar-refractivity contribution in [1.82, 2.24) is 9.88 Å². The molecule has 1 aromatic rings. The lowest BCUT2D eigenvalue weighted by Crippen LogP contribution is -2.48. The second-order valence-corrected chi connectivity index (χ2v) is 3.75. The molecule has 1 aliphatic heterocycles. The largest absolute Gasteiger partial charge is 0.345 e. The zero-order valence-corrected chi connectivity index (χ0v) is 9.05. The Bertz CT molecular complexity index is 452. The fourth-order valence-corrected chi connectivity index (χ4v) is 1.61. The monoisotopic (exact) mass is 216 g/mol. The zero-order chi connectivity index (χ0) is 11.5. The molecule has 1 amide bonds. The van der Waals surface area contributed by atoms with Gasteiger partial charge in [0.25, 0.3) is 0 Å². The molecule has 0 unspecified atom stereocenters. The molecule has 0 bridgehead atoms. The Morgan fingerprint density at radius 3 is 3.00 bits per heavy atom. The van der Waals surface area contributed by atoms with E-state index < -0.39 is 0 Å². The van der Waals surface area contributed by atoms with Crippen LogP contribution in [0.4, 0.5) is 5.82 Å². The lowest BCUT2D eigenvalue weighted by Gasteiger charge is -2.32. The SMILES string of the molecule is CN1CCN(c2cc(C#N)ccn2)CC1=O. The maximum Gasteiger partial charge on any atom is 0.241 e. The van der Waals surface area contributed by atoms with Crippen LogP contribution in [-0.2, 0) is 4.79 Å². The minimum atomic E-state index is 0.0791. The Morgan fingerprint density at radius 1 is 1.50 bits per heavy atom. The predicted molar refractivity (Wildman–Crippen MR) is 58.8 cm³/mol. The first-order chi connectivity index (χ1) is 7.70. The van der Waals surface area contributed by atoms with Crippen LogP contribution in [0.3, 0.4) is 0 Å². The van der Waals surface area contributed by atoms with Gasteiger partial charge < -0.3 is 9.80 Å². The van der Waals surface area contributed by atoms with Crippen molar-refractivity contribution in [2.24, 2.45) is 0 Å². The van der Waals surface area contributed by atoms with Crippen LogP contribution < -0.4 is 4.90 Å². The number of rotatable bonds is 1. The molecule has 0 radical (unpaired) electrons. The average molecular weight is 216 g/mol. The number of carbonyl (C=O) groups is 1. The van der Waals surface area contributed by atoms with Crippen molar-refractivity contribution in [2.45, 2.75) is 0 Å². The first-order valence-electron chi connectivity index (χ1n) is 5.06. The van der Waals surface area contributed by atoms with Crippen molar-refractivity contribution in [1.29, 1.82) is 5.26 Å². The molecule has 1 fully saturated rings. The van der Waals surface area contributed by atoms with Gasteiger partial charge in [-0.25, -0.2) is 4.98 Å². The third-order valence-electron chi connectivity index (χ3n) is 2.66. The van der Waals surface area contributed by atoms with E-state index in [1.165, 1.54) is 0 Å². The minimum Gasteiger partial charge on any atom is -0.345 e. The number of pyridine rings is 1. The number of amides is 1. The van der Waals surface area contributed by atoms with E-state index in [0.717, 1.165) is 6.54 Å². The molecule has 5 nitrogen and oxygen atoms in total. The number of nitrogens with zero attached hydrogens (tertiary/aromatic N) is 4. The number of aromatic nitrogens is 1. The Hall–Kier alpha value is -2.09. The highest BCUT2D eigenvalue weighted by Crippen LogP contribution is 2.14. The Kier molecular flexibility index (Phi) is 2.73. The highest BCUT2D eigenvalue weighted by Gasteiger charge is 2.21. The van der Waals surface area contributed by atoms with Gasteiger partial charge in [0.05, 0.1) is 18.2 Å². The molecule has 0 atom stereocenters. The number of hydrogen-bond acceptors (Lipinski definition) is 4. The van der Waals surface area contributed by atoms with Crippen LogP contribution in [0.1, 0.15) is 5.56 Å².